The molecule has 0 unspecified atom stereocenters. The number of nitrogens with zero attached hydrogens (tertiary/aromatic N) is 1. The molecule has 0 aliphatic rings. The molecule has 6 heteroatoms. The second-order valence-electron chi connectivity index (χ2n) is 4.44. The molecule has 0 atom stereocenters. The van der Waals surface area contributed by atoms with Crippen LogP contribution >= 0.6 is 0 Å². The summed E-state index contributed by atoms with van der Waals surface area (Å²) < 4.78 is 10.5. The number of urea groups is 1. The first kappa shape index (κ1) is 15.6. The maximum atomic E-state index is 11.9. The average Bonchev–Trinajstić information content (AvgIpc) is 2.55. The molecule has 2 aromatic rings. The van der Waals surface area contributed by atoms with Gasteiger partial charge < -0.3 is 20.1 Å². The smallest absolute Gasteiger partial charge is 0.319 e. The number of aromatic nitrogens is 1. The highest BCUT2D eigenvalue weighted by Gasteiger charge is 2.06. The maximum absolute atomic E-state index is 11.9. The van der Waals surface area contributed by atoms with Gasteiger partial charge in [-0.05, 0) is 37.3 Å². The van der Waals surface area contributed by atoms with E-state index in [0.29, 0.717) is 24.7 Å². The number of hydrogen-bond acceptors (Lipinski definition) is 4. The van der Waals surface area contributed by atoms with Gasteiger partial charge in [-0.15, -0.1) is 0 Å². The predicted molar refractivity (Wildman–Crippen MR) is 84.3 cm³/mol. The molecule has 0 bridgehead atoms. The van der Waals surface area contributed by atoms with Gasteiger partial charge in [-0.1, -0.05) is 6.07 Å². The number of amides is 2. The second kappa shape index (κ2) is 7.87. The first-order chi connectivity index (χ1) is 10.7. The molecule has 22 heavy (non-hydrogen) atoms. The van der Waals surface area contributed by atoms with E-state index in [1.165, 1.54) is 0 Å². The summed E-state index contributed by atoms with van der Waals surface area (Å²) in [6.07, 6.45) is 1.64. The van der Waals surface area contributed by atoms with Crippen molar-refractivity contribution in [2.24, 2.45) is 0 Å². The molecule has 1 aromatic heterocycles. The van der Waals surface area contributed by atoms with E-state index >= 15 is 0 Å². The van der Waals surface area contributed by atoms with Crippen molar-refractivity contribution in [3.05, 3.63) is 48.2 Å². The number of carbonyl (C=O) groups excluding carboxylic acids is 1. The molecule has 2 N–H and O–H groups in total. The highest BCUT2D eigenvalue weighted by atomic mass is 16.5. The van der Waals surface area contributed by atoms with Crippen LogP contribution in [0.5, 0.6) is 11.6 Å². The van der Waals surface area contributed by atoms with Gasteiger partial charge in [0.1, 0.15) is 5.75 Å². The molecule has 2 amide bonds. The average molecular weight is 301 g/mol. The van der Waals surface area contributed by atoms with Gasteiger partial charge in [0.05, 0.1) is 13.7 Å². The Hall–Kier alpha value is -2.76. The fraction of sp³-hybridized carbons (Fsp3) is 0.250. The quantitative estimate of drug-likeness (QED) is 0.860. The minimum absolute atomic E-state index is 0.296. The Balaban J connectivity index is 1.87. The Kier molecular flexibility index (Phi) is 5.59. The van der Waals surface area contributed by atoms with Crippen molar-refractivity contribution in [1.29, 1.82) is 0 Å². The summed E-state index contributed by atoms with van der Waals surface area (Å²) in [6, 6.07) is 10.5. The lowest BCUT2D eigenvalue weighted by atomic mass is 10.2. The molecular formula is C16H19N3O3. The van der Waals surface area contributed by atoms with E-state index in [1.54, 1.807) is 31.5 Å². The van der Waals surface area contributed by atoms with Gasteiger partial charge in [0.2, 0.25) is 5.88 Å². The van der Waals surface area contributed by atoms with Crippen molar-refractivity contribution in [2.75, 3.05) is 19.0 Å². The molecule has 0 saturated heterocycles. The lowest BCUT2D eigenvalue weighted by Gasteiger charge is -2.10. The SMILES string of the molecule is CCOc1ccc(NC(=O)NCc2cccnc2OC)cc1. The second-order valence-corrected chi connectivity index (χ2v) is 4.44. The van der Waals surface area contributed by atoms with Crippen LogP contribution in [-0.4, -0.2) is 24.7 Å². The first-order valence-electron chi connectivity index (χ1n) is 6.98. The molecular weight excluding hydrogens is 282 g/mol. The van der Waals surface area contributed by atoms with Crippen LogP contribution in [0.1, 0.15) is 12.5 Å². The van der Waals surface area contributed by atoms with Crippen LogP contribution in [0.25, 0.3) is 0 Å². The number of carbonyl (C=O) groups is 1. The van der Waals surface area contributed by atoms with E-state index in [2.05, 4.69) is 15.6 Å². The third kappa shape index (κ3) is 4.37. The number of methoxy groups -OCH3 is 1. The zero-order chi connectivity index (χ0) is 15.8. The van der Waals surface area contributed by atoms with Crippen molar-refractivity contribution >= 4 is 11.7 Å². The first-order valence-corrected chi connectivity index (χ1v) is 6.98. The van der Waals surface area contributed by atoms with Crippen molar-refractivity contribution < 1.29 is 14.3 Å². The molecule has 0 radical (unpaired) electrons. The van der Waals surface area contributed by atoms with Gasteiger partial charge in [0.15, 0.2) is 0 Å². The molecule has 116 valence electrons. The highest BCUT2D eigenvalue weighted by molar-refractivity contribution is 5.89. The summed E-state index contributed by atoms with van der Waals surface area (Å²) in [5.74, 6) is 1.28. The number of rotatable bonds is 6. The fourth-order valence-corrected chi connectivity index (χ4v) is 1.89. The minimum Gasteiger partial charge on any atom is -0.494 e. The van der Waals surface area contributed by atoms with Crippen molar-refractivity contribution in [3.63, 3.8) is 0 Å². The maximum Gasteiger partial charge on any atom is 0.319 e. The molecule has 1 heterocycles. The largest absolute Gasteiger partial charge is 0.494 e. The van der Waals surface area contributed by atoms with Gasteiger partial charge in [0, 0.05) is 24.0 Å². The summed E-state index contributed by atoms with van der Waals surface area (Å²) in [7, 11) is 1.55. The standard InChI is InChI=1S/C16H19N3O3/c1-3-22-14-8-6-13(7-9-14)19-16(20)18-11-12-5-4-10-17-15(12)21-2/h4-10H,3,11H2,1-2H3,(H2,18,19,20). The third-order valence-electron chi connectivity index (χ3n) is 2.91. The highest BCUT2D eigenvalue weighted by Crippen LogP contribution is 2.16. The number of pyridine rings is 1. The van der Waals surface area contributed by atoms with Gasteiger partial charge >= 0.3 is 6.03 Å². The molecule has 1 aromatic carbocycles. The van der Waals surface area contributed by atoms with Crippen molar-refractivity contribution in [3.8, 4) is 11.6 Å². The summed E-state index contributed by atoms with van der Waals surface area (Å²) in [4.78, 5) is 16.0. The number of anilines is 1. The number of nitrogens with one attached hydrogen (secondary N) is 2. The molecule has 6 nitrogen and oxygen atoms in total. The normalized spacial score (nSPS) is 9.91. The molecule has 0 aliphatic carbocycles. The van der Waals surface area contributed by atoms with Crippen LogP contribution in [0.15, 0.2) is 42.6 Å². The van der Waals surface area contributed by atoms with E-state index in [1.807, 2.05) is 25.1 Å². The zero-order valence-electron chi connectivity index (χ0n) is 12.6. The molecule has 2 rings (SSSR count). The number of benzene rings is 1. The van der Waals surface area contributed by atoms with Crippen LogP contribution in [0.4, 0.5) is 10.5 Å². The Bertz CT molecular complexity index is 614. The molecule has 0 spiro atoms. The lowest BCUT2D eigenvalue weighted by molar-refractivity contribution is 0.251. The van der Waals surface area contributed by atoms with Gasteiger partial charge in [-0.25, -0.2) is 9.78 Å². The summed E-state index contributed by atoms with van der Waals surface area (Å²) in [5.41, 5.74) is 1.51. The number of ether oxygens (including phenoxy) is 2. The minimum atomic E-state index is -0.296. The predicted octanol–water partition coefficient (Wildman–Crippen LogP) is 2.81. The van der Waals surface area contributed by atoms with Gasteiger partial charge in [-0.3, -0.25) is 0 Å². The zero-order valence-corrected chi connectivity index (χ0v) is 12.6. The Morgan fingerprint density at radius 2 is 2.00 bits per heavy atom. The van der Waals surface area contributed by atoms with E-state index in [-0.39, 0.29) is 6.03 Å². The molecule has 0 saturated carbocycles. The van der Waals surface area contributed by atoms with Crippen LogP contribution in [0, 0.1) is 0 Å². The lowest BCUT2D eigenvalue weighted by Crippen LogP contribution is -2.28. The van der Waals surface area contributed by atoms with Crippen molar-refractivity contribution in [2.45, 2.75) is 13.5 Å². The topological polar surface area (TPSA) is 72.5 Å². The van der Waals surface area contributed by atoms with Gasteiger partial charge in [-0.2, -0.15) is 0 Å². The van der Waals surface area contributed by atoms with Crippen LogP contribution < -0.4 is 20.1 Å². The monoisotopic (exact) mass is 301 g/mol. The van der Waals surface area contributed by atoms with E-state index in [0.717, 1.165) is 11.3 Å². The van der Waals surface area contributed by atoms with Gasteiger partial charge in [0.25, 0.3) is 0 Å². The fourth-order valence-electron chi connectivity index (χ4n) is 1.89. The van der Waals surface area contributed by atoms with Crippen LogP contribution in [0.2, 0.25) is 0 Å². The molecule has 0 fully saturated rings. The Morgan fingerprint density at radius 3 is 2.68 bits per heavy atom. The van der Waals surface area contributed by atoms with E-state index in [9.17, 15) is 4.79 Å². The summed E-state index contributed by atoms with van der Waals surface area (Å²) >= 11 is 0. The summed E-state index contributed by atoms with van der Waals surface area (Å²) in [5, 5.41) is 5.51. The molecule has 0 aliphatic heterocycles. The van der Waals surface area contributed by atoms with E-state index in [4.69, 9.17) is 9.47 Å². The number of hydrogen-bond donors (Lipinski definition) is 2. The Morgan fingerprint density at radius 1 is 1.23 bits per heavy atom. The van der Waals surface area contributed by atoms with Crippen molar-refractivity contribution in [1.82, 2.24) is 10.3 Å². The third-order valence-corrected chi connectivity index (χ3v) is 2.91. The summed E-state index contributed by atoms with van der Waals surface area (Å²) in [6.45, 7) is 2.87. The Labute approximate surface area is 129 Å². The van der Waals surface area contributed by atoms with Crippen LogP contribution in [-0.2, 0) is 6.54 Å². The van der Waals surface area contributed by atoms with E-state index < -0.39 is 0 Å². The van der Waals surface area contributed by atoms with Crippen LogP contribution in [0.3, 0.4) is 0 Å².